The van der Waals surface area contributed by atoms with Gasteiger partial charge in [-0.15, -0.1) is 11.8 Å². The van der Waals surface area contributed by atoms with Crippen LogP contribution in [-0.4, -0.2) is 48.7 Å². The summed E-state index contributed by atoms with van der Waals surface area (Å²) in [6.45, 7) is 4.32. The third-order valence-electron chi connectivity index (χ3n) is 3.69. The molecule has 1 aliphatic rings. The van der Waals surface area contributed by atoms with E-state index in [2.05, 4.69) is 15.1 Å². The zero-order valence-electron chi connectivity index (χ0n) is 17.2. The fourth-order valence-electron chi connectivity index (χ4n) is 2.45. The Kier molecular flexibility index (Phi) is 8.72. The maximum absolute atomic E-state index is 12.3. The van der Waals surface area contributed by atoms with Crippen LogP contribution in [0.25, 0.3) is 5.57 Å². The van der Waals surface area contributed by atoms with Crippen molar-refractivity contribution in [2.75, 3.05) is 27.1 Å². The number of nitrogens with zero attached hydrogens (tertiary/aromatic N) is 3. The molecule has 0 unspecified atom stereocenters. The van der Waals surface area contributed by atoms with E-state index in [9.17, 15) is 4.79 Å². The Morgan fingerprint density at radius 3 is 2.79 bits per heavy atom. The zero-order chi connectivity index (χ0) is 21.2. The number of carbonyl (C=O) groups excluding carboxylic acids is 1. The molecule has 8 nitrogen and oxygen atoms in total. The number of thioether (sulfide) groups is 1. The Morgan fingerprint density at radius 1 is 1.34 bits per heavy atom. The maximum Gasteiger partial charge on any atom is 0.341 e. The molecule has 0 aromatic carbocycles. The summed E-state index contributed by atoms with van der Waals surface area (Å²) in [5, 5.41) is 4.69. The highest BCUT2D eigenvalue weighted by atomic mass is 32.2. The van der Waals surface area contributed by atoms with Gasteiger partial charge in [0.15, 0.2) is 0 Å². The fourth-order valence-corrected chi connectivity index (χ4v) is 3.08. The topological polar surface area (TPSA) is 92.1 Å². The van der Waals surface area contributed by atoms with E-state index in [1.807, 2.05) is 31.4 Å². The van der Waals surface area contributed by atoms with Gasteiger partial charge >= 0.3 is 5.97 Å². The summed E-state index contributed by atoms with van der Waals surface area (Å²) < 4.78 is 16.1. The Labute approximate surface area is 174 Å². The number of allylic oxidation sites excluding steroid dienone is 4. The molecule has 0 N–H and O–H groups in total. The van der Waals surface area contributed by atoms with Crippen molar-refractivity contribution in [1.82, 2.24) is 9.97 Å². The Morgan fingerprint density at radius 2 is 2.14 bits per heavy atom. The number of rotatable bonds is 9. The highest BCUT2D eigenvalue weighted by Gasteiger charge is 2.26. The molecule has 1 aliphatic carbocycles. The van der Waals surface area contributed by atoms with E-state index in [0.717, 1.165) is 12.1 Å². The van der Waals surface area contributed by atoms with Crippen LogP contribution in [0.5, 0.6) is 5.88 Å². The molecule has 9 heteroatoms. The summed E-state index contributed by atoms with van der Waals surface area (Å²) in [5.41, 5.74) is 1.31. The molecule has 0 saturated carbocycles. The third kappa shape index (κ3) is 6.08. The van der Waals surface area contributed by atoms with Crippen LogP contribution in [0.3, 0.4) is 0 Å². The largest absolute Gasteiger partial charge is 0.503 e. The van der Waals surface area contributed by atoms with Crippen LogP contribution >= 0.6 is 11.8 Å². The zero-order valence-corrected chi connectivity index (χ0v) is 18.0. The molecule has 0 spiro atoms. The molecular weight excluding hydrogens is 394 g/mol. The van der Waals surface area contributed by atoms with Crippen LogP contribution in [0.2, 0.25) is 0 Å². The quantitative estimate of drug-likeness (QED) is 0.114. The predicted molar refractivity (Wildman–Crippen MR) is 112 cm³/mol. The van der Waals surface area contributed by atoms with E-state index in [0.29, 0.717) is 35.2 Å². The molecule has 0 amide bonds. The van der Waals surface area contributed by atoms with Crippen molar-refractivity contribution >= 4 is 29.0 Å². The van der Waals surface area contributed by atoms with Gasteiger partial charge in [0.1, 0.15) is 28.8 Å². The summed E-state index contributed by atoms with van der Waals surface area (Å²) in [5.74, 6) is 0.791. The molecule has 1 aromatic rings. The van der Waals surface area contributed by atoms with Crippen molar-refractivity contribution in [2.45, 2.75) is 31.7 Å². The van der Waals surface area contributed by atoms with E-state index >= 15 is 0 Å². The maximum atomic E-state index is 12.3. The number of methoxy groups -OCH3 is 2. The first-order chi connectivity index (χ1) is 14.0. The Bertz CT molecular complexity index is 862. The van der Waals surface area contributed by atoms with Crippen LogP contribution in [0, 0.1) is 6.92 Å². The molecule has 29 heavy (non-hydrogen) atoms. The number of carbonyl (C=O) groups is 1. The van der Waals surface area contributed by atoms with Gasteiger partial charge in [0.05, 0.1) is 38.2 Å². The molecule has 1 heterocycles. The normalized spacial score (nSPS) is 15.1. The molecule has 1 aromatic heterocycles. The number of oxime groups is 1. The predicted octanol–water partition coefficient (Wildman–Crippen LogP) is 3.67. The number of hydrogen-bond donors (Lipinski definition) is 0. The van der Waals surface area contributed by atoms with Crippen LogP contribution in [0.1, 0.15) is 31.2 Å². The molecule has 0 radical (unpaired) electrons. The molecule has 0 atom stereocenters. The van der Waals surface area contributed by atoms with Crippen molar-refractivity contribution in [2.24, 2.45) is 5.16 Å². The van der Waals surface area contributed by atoms with Gasteiger partial charge in [-0.1, -0.05) is 18.2 Å². The Hall–Kier alpha value is -2.81. The first kappa shape index (κ1) is 22.5. The molecule has 0 aliphatic heterocycles. The van der Waals surface area contributed by atoms with Crippen LogP contribution < -0.4 is 4.74 Å². The molecular formula is C20H25N3O5S. The van der Waals surface area contributed by atoms with Crippen molar-refractivity contribution in [3.8, 4) is 5.88 Å². The summed E-state index contributed by atoms with van der Waals surface area (Å²) in [4.78, 5) is 26.4. The van der Waals surface area contributed by atoms with Gasteiger partial charge < -0.3 is 19.0 Å². The fraction of sp³-hybridized carbons (Fsp3) is 0.400. The van der Waals surface area contributed by atoms with Crippen LogP contribution in [0.15, 0.2) is 40.4 Å². The average Bonchev–Trinajstić information content (AvgIpc) is 2.72. The summed E-state index contributed by atoms with van der Waals surface area (Å²) in [7, 11) is 2.75. The number of aryl methyl sites for hydroxylation is 1. The second-order valence-electron chi connectivity index (χ2n) is 5.91. The monoisotopic (exact) mass is 419 g/mol. The summed E-state index contributed by atoms with van der Waals surface area (Å²) >= 11 is 1.37. The van der Waals surface area contributed by atoms with Crippen molar-refractivity contribution < 1.29 is 23.8 Å². The van der Waals surface area contributed by atoms with Crippen molar-refractivity contribution in [3.05, 3.63) is 41.6 Å². The number of ether oxygens (including phenoxy) is 3. The van der Waals surface area contributed by atoms with Gasteiger partial charge in [0.2, 0.25) is 5.88 Å². The molecule has 0 bridgehead atoms. The lowest BCUT2D eigenvalue weighted by molar-refractivity contribution is -0.133. The molecule has 0 fully saturated rings. The van der Waals surface area contributed by atoms with Gasteiger partial charge in [-0.25, -0.2) is 9.78 Å². The Balaban J connectivity index is 2.42. The number of esters is 1. The van der Waals surface area contributed by atoms with Gasteiger partial charge in [-0.05, 0) is 31.8 Å². The first-order valence-corrected chi connectivity index (χ1v) is 10.2. The average molecular weight is 420 g/mol. The van der Waals surface area contributed by atoms with Gasteiger partial charge in [0.25, 0.3) is 0 Å². The minimum atomic E-state index is -0.577. The van der Waals surface area contributed by atoms with Crippen LogP contribution in [-0.2, 0) is 19.1 Å². The standard InChI is InChI=1S/C20H25N3O5S/c1-6-10-27-23-14-8-7-9-15(11-14)28-18-17(16(12-25-3)20(24)26-4)19(29-5)22-13(2)21-18/h7-9,12H,6,10-11H2,1-5H3. The lowest BCUT2D eigenvalue weighted by atomic mass is 10.1. The SMILES string of the molecule is CCCON=C1C=CC=C(Oc2nc(C)nc(SC)c2C(=COC)C(=O)OC)C1. The van der Waals surface area contributed by atoms with Gasteiger partial charge in [-0.2, -0.15) is 4.98 Å². The second kappa shape index (κ2) is 11.3. The lowest BCUT2D eigenvalue weighted by Gasteiger charge is -2.17. The molecule has 0 saturated heterocycles. The van der Waals surface area contributed by atoms with E-state index in [4.69, 9.17) is 19.0 Å². The van der Waals surface area contributed by atoms with Gasteiger partial charge in [0, 0.05) is 0 Å². The lowest BCUT2D eigenvalue weighted by Crippen LogP contribution is -2.13. The highest BCUT2D eigenvalue weighted by molar-refractivity contribution is 7.98. The number of hydrogen-bond acceptors (Lipinski definition) is 9. The smallest absolute Gasteiger partial charge is 0.341 e. The number of aromatic nitrogens is 2. The first-order valence-electron chi connectivity index (χ1n) is 9.02. The second-order valence-corrected chi connectivity index (χ2v) is 6.70. The third-order valence-corrected chi connectivity index (χ3v) is 4.37. The van der Waals surface area contributed by atoms with E-state index in [1.54, 1.807) is 6.92 Å². The molecule has 156 valence electrons. The van der Waals surface area contributed by atoms with E-state index < -0.39 is 5.97 Å². The summed E-state index contributed by atoms with van der Waals surface area (Å²) in [6.07, 6.45) is 9.95. The molecule has 2 rings (SSSR count). The highest BCUT2D eigenvalue weighted by Crippen LogP contribution is 2.34. The van der Waals surface area contributed by atoms with E-state index in [-0.39, 0.29) is 11.5 Å². The minimum absolute atomic E-state index is 0.168. The van der Waals surface area contributed by atoms with Crippen LogP contribution in [0.4, 0.5) is 0 Å². The minimum Gasteiger partial charge on any atom is -0.503 e. The summed E-state index contributed by atoms with van der Waals surface area (Å²) in [6, 6.07) is 0. The van der Waals surface area contributed by atoms with Gasteiger partial charge in [-0.3, -0.25) is 0 Å². The van der Waals surface area contributed by atoms with Crippen molar-refractivity contribution in [3.63, 3.8) is 0 Å². The van der Waals surface area contributed by atoms with E-state index in [1.165, 1.54) is 32.2 Å². The van der Waals surface area contributed by atoms with Crippen molar-refractivity contribution in [1.29, 1.82) is 0 Å².